The van der Waals surface area contributed by atoms with Gasteiger partial charge in [-0.25, -0.2) is 4.79 Å². The molecule has 0 atom stereocenters. The van der Waals surface area contributed by atoms with Crippen LogP contribution < -0.4 is 10.6 Å². The van der Waals surface area contributed by atoms with E-state index in [1.165, 1.54) is 12.1 Å². The molecule has 114 valence electrons. The third kappa shape index (κ3) is 3.78. The molecule has 0 unspecified atom stereocenters. The van der Waals surface area contributed by atoms with Crippen molar-refractivity contribution in [3.05, 3.63) is 63.5 Å². The van der Waals surface area contributed by atoms with Crippen molar-refractivity contribution >= 4 is 17.4 Å². The Balaban J connectivity index is 2.01. The number of hydrogen-bond acceptors (Lipinski definition) is 4. The van der Waals surface area contributed by atoms with E-state index in [1.807, 2.05) is 25.1 Å². The third-order valence-electron chi connectivity index (χ3n) is 3.13. The number of nitro benzene ring substituents is 1. The summed E-state index contributed by atoms with van der Waals surface area (Å²) in [6, 6.07) is 9.65. The normalized spacial score (nSPS) is 10.1. The number of aryl methyl sites for hydroxylation is 1. The number of carbonyl (C=O) groups excluding carboxylic acids is 1. The van der Waals surface area contributed by atoms with Crippen molar-refractivity contribution < 1.29 is 9.72 Å². The highest BCUT2D eigenvalue weighted by Crippen LogP contribution is 2.24. The van der Waals surface area contributed by atoms with Crippen LogP contribution in [-0.4, -0.2) is 15.9 Å². The van der Waals surface area contributed by atoms with E-state index in [0.717, 1.165) is 11.4 Å². The highest BCUT2D eigenvalue weighted by molar-refractivity contribution is 5.90. The Morgan fingerprint density at radius 1 is 1.23 bits per heavy atom. The molecule has 2 N–H and O–H groups in total. The molecule has 7 nitrogen and oxygen atoms in total. The molecule has 2 amide bonds. The van der Waals surface area contributed by atoms with Crippen molar-refractivity contribution in [2.45, 2.75) is 20.4 Å². The van der Waals surface area contributed by atoms with Gasteiger partial charge in [-0.2, -0.15) is 0 Å². The number of amides is 2. The van der Waals surface area contributed by atoms with Gasteiger partial charge >= 0.3 is 6.03 Å². The van der Waals surface area contributed by atoms with Crippen LogP contribution >= 0.6 is 0 Å². The predicted molar refractivity (Wildman–Crippen MR) is 82.7 cm³/mol. The summed E-state index contributed by atoms with van der Waals surface area (Å²) in [5.41, 5.74) is 2.40. The molecule has 1 aromatic heterocycles. The van der Waals surface area contributed by atoms with E-state index < -0.39 is 11.0 Å². The first-order valence-electron chi connectivity index (χ1n) is 6.69. The summed E-state index contributed by atoms with van der Waals surface area (Å²) in [6.07, 6.45) is 0. The van der Waals surface area contributed by atoms with Crippen LogP contribution in [0.1, 0.15) is 17.0 Å². The number of nitro groups is 1. The van der Waals surface area contributed by atoms with Gasteiger partial charge < -0.3 is 10.6 Å². The number of nitrogens with zero attached hydrogens (tertiary/aromatic N) is 2. The third-order valence-corrected chi connectivity index (χ3v) is 3.13. The second-order valence-electron chi connectivity index (χ2n) is 4.78. The van der Waals surface area contributed by atoms with Gasteiger partial charge in [-0.05, 0) is 32.0 Å². The Kier molecular flexibility index (Phi) is 4.67. The lowest BCUT2D eigenvalue weighted by molar-refractivity contribution is -0.385. The molecule has 0 saturated heterocycles. The zero-order chi connectivity index (χ0) is 16.1. The number of anilines is 1. The Labute approximate surface area is 127 Å². The molecular weight excluding hydrogens is 284 g/mol. The van der Waals surface area contributed by atoms with Gasteiger partial charge in [0, 0.05) is 11.8 Å². The molecule has 0 aliphatic carbocycles. The summed E-state index contributed by atoms with van der Waals surface area (Å²) in [5, 5.41) is 16.1. The largest absolute Gasteiger partial charge is 0.332 e. The van der Waals surface area contributed by atoms with Gasteiger partial charge in [0.25, 0.3) is 5.69 Å². The molecule has 1 heterocycles. The molecule has 0 fully saturated rings. The van der Waals surface area contributed by atoms with Crippen LogP contribution in [0.2, 0.25) is 0 Å². The fraction of sp³-hybridized carbons (Fsp3) is 0.200. The summed E-state index contributed by atoms with van der Waals surface area (Å²) in [7, 11) is 0. The van der Waals surface area contributed by atoms with Gasteiger partial charge in [0.1, 0.15) is 0 Å². The summed E-state index contributed by atoms with van der Waals surface area (Å²) in [4.78, 5) is 26.6. The van der Waals surface area contributed by atoms with Crippen molar-refractivity contribution in [3.8, 4) is 0 Å². The number of carbonyl (C=O) groups is 1. The molecule has 0 bridgehead atoms. The average Bonchev–Trinajstić information content (AvgIpc) is 2.47. The highest BCUT2D eigenvalue weighted by Gasteiger charge is 2.14. The topological polar surface area (TPSA) is 97.2 Å². The molecule has 0 aliphatic rings. The van der Waals surface area contributed by atoms with Crippen molar-refractivity contribution in [1.29, 1.82) is 0 Å². The van der Waals surface area contributed by atoms with E-state index in [1.54, 1.807) is 13.0 Å². The molecule has 2 rings (SSSR count). The number of benzene rings is 1. The van der Waals surface area contributed by atoms with Crippen LogP contribution in [0.4, 0.5) is 16.2 Å². The number of aromatic nitrogens is 1. The molecule has 0 spiro atoms. The number of pyridine rings is 1. The van der Waals surface area contributed by atoms with Gasteiger partial charge in [0.2, 0.25) is 0 Å². The molecule has 2 aromatic rings. The second kappa shape index (κ2) is 6.66. The zero-order valence-electron chi connectivity index (χ0n) is 12.3. The minimum absolute atomic E-state index is 0.0295. The van der Waals surface area contributed by atoms with Crippen LogP contribution in [0.3, 0.4) is 0 Å². The van der Waals surface area contributed by atoms with Crippen molar-refractivity contribution in [2.24, 2.45) is 0 Å². The van der Waals surface area contributed by atoms with Gasteiger partial charge in [-0.15, -0.1) is 0 Å². The van der Waals surface area contributed by atoms with Crippen molar-refractivity contribution in [3.63, 3.8) is 0 Å². The van der Waals surface area contributed by atoms with E-state index in [9.17, 15) is 14.9 Å². The van der Waals surface area contributed by atoms with Crippen LogP contribution in [0.15, 0.2) is 36.4 Å². The van der Waals surface area contributed by atoms with Crippen LogP contribution in [-0.2, 0) is 6.54 Å². The number of urea groups is 1. The molecule has 22 heavy (non-hydrogen) atoms. The lowest BCUT2D eigenvalue weighted by Crippen LogP contribution is -2.28. The second-order valence-corrected chi connectivity index (χ2v) is 4.78. The van der Waals surface area contributed by atoms with Gasteiger partial charge in [-0.1, -0.05) is 12.1 Å². The molecule has 0 radical (unpaired) electrons. The van der Waals surface area contributed by atoms with E-state index in [0.29, 0.717) is 11.3 Å². The Morgan fingerprint density at radius 3 is 2.64 bits per heavy atom. The average molecular weight is 300 g/mol. The van der Waals surface area contributed by atoms with Gasteiger partial charge in [0.05, 0.1) is 28.4 Å². The quantitative estimate of drug-likeness (QED) is 0.670. The maximum atomic E-state index is 11.9. The standard InChI is InChI=1S/C15H16N4O3/c1-10-5-3-6-12(17-10)9-16-15(20)18-13-7-4-8-14(11(13)2)19(21)22/h3-8H,9H2,1-2H3,(H2,16,18,20). The number of hydrogen-bond donors (Lipinski definition) is 2. The summed E-state index contributed by atoms with van der Waals surface area (Å²) >= 11 is 0. The molecular formula is C15H16N4O3. The lowest BCUT2D eigenvalue weighted by atomic mass is 10.1. The van der Waals surface area contributed by atoms with E-state index in [-0.39, 0.29) is 12.2 Å². The first-order valence-corrected chi connectivity index (χ1v) is 6.69. The maximum Gasteiger partial charge on any atom is 0.319 e. The highest BCUT2D eigenvalue weighted by atomic mass is 16.6. The fourth-order valence-corrected chi connectivity index (χ4v) is 1.99. The first-order chi connectivity index (χ1) is 10.5. The summed E-state index contributed by atoms with van der Waals surface area (Å²) in [6.45, 7) is 3.74. The molecule has 7 heteroatoms. The van der Waals surface area contributed by atoms with E-state index >= 15 is 0 Å². The smallest absolute Gasteiger partial charge is 0.319 e. The van der Waals surface area contributed by atoms with Gasteiger partial charge in [0.15, 0.2) is 0 Å². The fourth-order valence-electron chi connectivity index (χ4n) is 1.99. The Morgan fingerprint density at radius 2 is 1.95 bits per heavy atom. The zero-order valence-corrected chi connectivity index (χ0v) is 12.3. The molecule has 1 aromatic carbocycles. The number of nitrogens with one attached hydrogen (secondary N) is 2. The number of rotatable bonds is 4. The van der Waals surface area contributed by atoms with E-state index in [2.05, 4.69) is 15.6 Å². The minimum atomic E-state index is -0.477. The maximum absolute atomic E-state index is 11.9. The Bertz CT molecular complexity index is 716. The van der Waals surface area contributed by atoms with Crippen LogP contribution in [0, 0.1) is 24.0 Å². The minimum Gasteiger partial charge on any atom is -0.332 e. The van der Waals surface area contributed by atoms with Crippen LogP contribution in [0.5, 0.6) is 0 Å². The first kappa shape index (κ1) is 15.4. The molecule has 0 saturated carbocycles. The predicted octanol–water partition coefficient (Wildman–Crippen LogP) is 2.93. The van der Waals surface area contributed by atoms with Crippen LogP contribution in [0.25, 0.3) is 0 Å². The van der Waals surface area contributed by atoms with Crippen molar-refractivity contribution in [2.75, 3.05) is 5.32 Å². The summed E-state index contributed by atoms with van der Waals surface area (Å²) in [5.74, 6) is 0. The lowest BCUT2D eigenvalue weighted by Gasteiger charge is -2.10. The Hall–Kier alpha value is -2.96. The van der Waals surface area contributed by atoms with Crippen molar-refractivity contribution in [1.82, 2.24) is 10.3 Å². The molecule has 0 aliphatic heterocycles. The summed E-state index contributed by atoms with van der Waals surface area (Å²) < 4.78 is 0. The van der Waals surface area contributed by atoms with Gasteiger partial charge in [-0.3, -0.25) is 15.1 Å². The van der Waals surface area contributed by atoms with E-state index in [4.69, 9.17) is 0 Å². The SMILES string of the molecule is Cc1cccc(CNC(=O)Nc2cccc([N+](=O)[O-])c2C)n1. The monoisotopic (exact) mass is 300 g/mol.